The number of carbonyl (C=O) groups is 1. The average Bonchev–Trinajstić information content (AvgIpc) is 2.62. The molecule has 0 atom stereocenters. The summed E-state index contributed by atoms with van der Waals surface area (Å²) >= 11 is 0. The molecule has 0 amide bonds. The molecular weight excluding hydrogens is 338 g/mol. The molecule has 6 heteroatoms. The molecule has 3 rings (SSSR count). The summed E-state index contributed by atoms with van der Waals surface area (Å²) in [6.07, 6.45) is 2.85. The van der Waals surface area contributed by atoms with Crippen molar-refractivity contribution >= 4 is 16.0 Å². The van der Waals surface area contributed by atoms with Gasteiger partial charge in [0.2, 0.25) is 10.0 Å². The van der Waals surface area contributed by atoms with Crippen LogP contribution in [0.15, 0.2) is 47.4 Å². The van der Waals surface area contributed by atoms with Crippen LogP contribution in [0.25, 0.3) is 11.1 Å². The smallest absolute Gasteiger partial charge is 0.336 e. The minimum Gasteiger partial charge on any atom is -0.478 e. The summed E-state index contributed by atoms with van der Waals surface area (Å²) in [5.41, 5.74) is 2.35. The molecule has 0 radical (unpaired) electrons. The van der Waals surface area contributed by atoms with Crippen molar-refractivity contribution in [3.63, 3.8) is 0 Å². The summed E-state index contributed by atoms with van der Waals surface area (Å²) < 4.78 is 26.9. The molecule has 0 bridgehead atoms. The quantitative estimate of drug-likeness (QED) is 0.906. The molecule has 132 valence electrons. The van der Waals surface area contributed by atoms with Gasteiger partial charge < -0.3 is 5.11 Å². The van der Waals surface area contributed by atoms with Crippen LogP contribution >= 0.6 is 0 Å². The fraction of sp³-hybridized carbons (Fsp3) is 0.316. The second-order valence-electron chi connectivity index (χ2n) is 6.34. The molecule has 1 heterocycles. The number of hydrogen-bond acceptors (Lipinski definition) is 3. The molecule has 25 heavy (non-hydrogen) atoms. The Kier molecular flexibility index (Phi) is 4.92. The number of hydrogen-bond donors (Lipinski definition) is 1. The van der Waals surface area contributed by atoms with E-state index in [1.165, 1.54) is 4.31 Å². The van der Waals surface area contributed by atoms with Crippen molar-refractivity contribution < 1.29 is 18.3 Å². The maximum Gasteiger partial charge on any atom is 0.336 e. The third kappa shape index (κ3) is 3.60. The average molecular weight is 359 g/mol. The summed E-state index contributed by atoms with van der Waals surface area (Å²) in [6, 6.07) is 11.7. The van der Waals surface area contributed by atoms with Crippen LogP contribution in [0.4, 0.5) is 0 Å². The Morgan fingerprint density at radius 3 is 2.24 bits per heavy atom. The van der Waals surface area contributed by atoms with Crippen molar-refractivity contribution in [2.45, 2.75) is 31.1 Å². The van der Waals surface area contributed by atoms with Gasteiger partial charge in [-0.2, -0.15) is 4.31 Å². The SMILES string of the molecule is Cc1ccc(-c2ccc(S(=O)(=O)N3CCCCC3)cc2)c(C(=O)O)c1. The fourth-order valence-corrected chi connectivity index (χ4v) is 4.66. The van der Waals surface area contributed by atoms with Crippen molar-refractivity contribution in [1.82, 2.24) is 4.31 Å². The minimum absolute atomic E-state index is 0.214. The number of aryl methyl sites for hydroxylation is 1. The first kappa shape index (κ1) is 17.6. The van der Waals surface area contributed by atoms with Gasteiger partial charge in [0.15, 0.2) is 0 Å². The van der Waals surface area contributed by atoms with E-state index in [1.54, 1.807) is 36.4 Å². The Morgan fingerprint density at radius 2 is 1.64 bits per heavy atom. The van der Waals surface area contributed by atoms with Crippen LogP contribution in [0, 0.1) is 6.92 Å². The van der Waals surface area contributed by atoms with E-state index in [-0.39, 0.29) is 10.5 Å². The van der Waals surface area contributed by atoms with E-state index >= 15 is 0 Å². The number of carboxylic acid groups (broad SMARTS) is 1. The maximum absolute atomic E-state index is 12.7. The second-order valence-corrected chi connectivity index (χ2v) is 8.28. The standard InChI is InChI=1S/C19H21NO4S/c1-14-5-10-17(18(13-14)19(21)22)15-6-8-16(9-7-15)25(23,24)20-11-3-2-4-12-20/h5-10,13H,2-4,11-12H2,1H3,(H,21,22). The van der Waals surface area contributed by atoms with E-state index in [4.69, 9.17) is 0 Å². The van der Waals surface area contributed by atoms with Crippen LogP contribution in [0.1, 0.15) is 35.2 Å². The molecule has 1 saturated heterocycles. The zero-order valence-corrected chi connectivity index (χ0v) is 14.9. The molecule has 1 aliphatic rings. The van der Waals surface area contributed by atoms with Gasteiger partial charge >= 0.3 is 5.97 Å². The predicted octanol–water partition coefficient (Wildman–Crippen LogP) is 3.53. The Bertz CT molecular complexity index is 882. The summed E-state index contributed by atoms with van der Waals surface area (Å²) in [6.45, 7) is 2.96. The van der Waals surface area contributed by atoms with Crippen LogP contribution in [-0.2, 0) is 10.0 Å². The molecule has 0 saturated carbocycles. The molecule has 2 aromatic rings. The fourth-order valence-electron chi connectivity index (χ4n) is 3.15. The monoisotopic (exact) mass is 359 g/mol. The Hall–Kier alpha value is -2.18. The van der Waals surface area contributed by atoms with Crippen LogP contribution in [0.2, 0.25) is 0 Å². The van der Waals surface area contributed by atoms with E-state index in [1.807, 2.05) is 13.0 Å². The van der Waals surface area contributed by atoms with Gasteiger partial charge in [-0.15, -0.1) is 0 Å². The van der Waals surface area contributed by atoms with E-state index in [2.05, 4.69) is 0 Å². The molecule has 1 aliphatic heterocycles. The molecule has 1 fully saturated rings. The van der Waals surface area contributed by atoms with Crippen molar-refractivity contribution in [3.8, 4) is 11.1 Å². The highest BCUT2D eigenvalue weighted by molar-refractivity contribution is 7.89. The molecule has 0 aliphatic carbocycles. The number of nitrogens with zero attached hydrogens (tertiary/aromatic N) is 1. The topological polar surface area (TPSA) is 74.7 Å². The van der Waals surface area contributed by atoms with Gasteiger partial charge in [-0.05, 0) is 49.1 Å². The third-order valence-electron chi connectivity index (χ3n) is 4.52. The molecule has 0 aromatic heterocycles. The minimum atomic E-state index is -3.48. The highest BCUT2D eigenvalue weighted by Crippen LogP contribution is 2.27. The van der Waals surface area contributed by atoms with E-state index in [0.717, 1.165) is 24.8 Å². The molecular formula is C19H21NO4S. The first-order valence-corrected chi connectivity index (χ1v) is 9.78. The molecule has 0 spiro atoms. The number of benzene rings is 2. The van der Waals surface area contributed by atoms with Crippen molar-refractivity contribution in [3.05, 3.63) is 53.6 Å². The lowest BCUT2D eigenvalue weighted by molar-refractivity contribution is 0.0697. The van der Waals surface area contributed by atoms with Gasteiger partial charge in [-0.3, -0.25) is 0 Å². The number of piperidine rings is 1. The zero-order chi connectivity index (χ0) is 18.0. The van der Waals surface area contributed by atoms with Crippen LogP contribution in [0.5, 0.6) is 0 Å². The highest BCUT2D eigenvalue weighted by Gasteiger charge is 2.25. The van der Waals surface area contributed by atoms with E-state index < -0.39 is 16.0 Å². The summed E-state index contributed by atoms with van der Waals surface area (Å²) in [7, 11) is -3.48. The molecule has 1 N–H and O–H groups in total. The normalized spacial score (nSPS) is 15.9. The maximum atomic E-state index is 12.7. The van der Waals surface area contributed by atoms with Gasteiger partial charge in [0, 0.05) is 13.1 Å². The van der Waals surface area contributed by atoms with Gasteiger partial charge in [0.1, 0.15) is 0 Å². The first-order valence-electron chi connectivity index (χ1n) is 8.34. The predicted molar refractivity (Wildman–Crippen MR) is 96.2 cm³/mol. The van der Waals surface area contributed by atoms with Crippen LogP contribution < -0.4 is 0 Å². The molecule has 2 aromatic carbocycles. The van der Waals surface area contributed by atoms with E-state index in [9.17, 15) is 18.3 Å². The summed E-state index contributed by atoms with van der Waals surface area (Å²) in [5.74, 6) is -0.997. The largest absolute Gasteiger partial charge is 0.478 e. The molecule has 5 nitrogen and oxygen atoms in total. The lowest BCUT2D eigenvalue weighted by Crippen LogP contribution is -2.35. The van der Waals surface area contributed by atoms with Gasteiger partial charge in [-0.25, -0.2) is 13.2 Å². The zero-order valence-electron chi connectivity index (χ0n) is 14.1. The van der Waals surface area contributed by atoms with Gasteiger partial charge in [0.05, 0.1) is 10.5 Å². The highest BCUT2D eigenvalue weighted by atomic mass is 32.2. The van der Waals surface area contributed by atoms with Crippen LogP contribution in [-0.4, -0.2) is 36.9 Å². The van der Waals surface area contributed by atoms with Crippen molar-refractivity contribution in [2.75, 3.05) is 13.1 Å². The summed E-state index contributed by atoms with van der Waals surface area (Å²) in [5, 5.41) is 9.40. The lowest BCUT2D eigenvalue weighted by atomic mass is 9.98. The Labute approximate surface area is 148 Å². The second kappa shape index (κ2) is 6.98. The first-order chi connectivity index (χ1) is 11.9. The van der Waals surface area contributed by atoms with Crippen LogP contribution in [0.3, 0.4) is 0 Å². The van der Waals surface area contributed by atoms with E-state index in [0.29, 0.717) is 24.2 Å². The van der Waals surface area contributed by atoms with Gasteiger partial charge in [-0.1, -0.05) is 36.2 Å². The van der Waals surface area contributed by atoms with Crippen molar-refractivity contribution in [1.29, 1.82) is 0 Å². The molecule has 0 unspecified atom stereocenters. The number of rotatable bonds is 4. The third-order valence-corrected chi connectivity index (χ3v) is 6.44. The Balaban J connectivity index is 1.94. The van der Waals surface area contributed by atoms with Crippen molar-refractivity contribution in [2.24, 2.45) is 0 Å². The summed E-state index contributed by atoms with van der Waals surface area (Å²) in [4.78, 5) is 11.7. The number of carboxylic acids is 1. The number of sulfonamides is 1. The number of aromatic carboxylic acids is 1. The lowest BCUT2D eigenvalue weighted by Gasteiger charge is -2.25. The van der Waals surface area contributed by atoms with Gasteiger partial charge in [0.25, 0.3) is 0 Å². The Morgan fingerprint density at radius 1 is 1.00 bits per heavy atom.